The molecule has 0 aliphatic rings. The highest BCUT2D eigenvalue weighted by Gasteiger charge is 2.46. The van der Waals surface area contributed by atoms with Crippen LogP contribution in [0, 0.1) is 5.92 Å². The summed E-state index contributed by atoms with van der Waals surface area (Å²) < 4.78 is 1.65. The maximum absolute atomic E-state index is 13.7. The lowest BCUT2D eigenvalue weighted by molar-refractivity contribution is -0.128. The fourth-order valence-corrected chi connectivity index (χ4v) is 3.25. The molecule has 0 spiro atoms. The number of hydrogen-bond donors (Lipinski definition) is 0. The largest absolute Gasteiger partial charge is 0.296 e. The molecule has 4 nitrogen and oxygen atoms in total. The van der Waals surface area contributed by atoms with Crippen LogP contribution in [-0.4, -0.2) is 20.5 Å². The zero-order valence-electron chi connectivity index (χ0n) is 14.3. The number of hydrogen-bond acceptors (Lipinski definition) is 3. The Labute approximate surface area is 152 Å². The minimum absolute atomic E-state index is 0.0778. The Morgan fingerprint density at radius 3 is 2.32 bits per heavy atom. The zero-order valence-corrected chi connectivity index (χ0v) is 15.0. The molecule has 25 heavy (non-hydrogen) atoms. The van der Waals surface area contributed by atoms with Crippen molar-refractivity contribution in [2.45, 2.75) is 25.8 Å². The molecule has 5 heteroatoms. The minimum Gasteiger partial charge on any atom is -0.296 e. The van der Waals surface area contributed by atoms with Gasteiger partial charge in [-0.15, -0.1) is 0 Å². The number of benzene rings is 2. The van der Waals surface area contributed by atoms with Crippen molar-refractivity contribution in [3.8, 4) is 0 Å². The number of Topliss-reactive ketones (excluding diaryl/α,β-unsaturated/α-hetero) is 1. The summed E-state index contributed by atoms with van der Waals surface area (Å²) in [5.74, 6) is -0.0610. The van der Waals surface area contributed by atoms with Crippen molar-refractivity contribution in [2.75, 3.05) is 0 Å². The van der Waals surface area contributed by atoms with E-state index < -0.39 is 5.54 Å². The normalized spacial score (nSPS) is 14.7. The molecule has 0 N–H and O–H groups in total. The Balaban J connectivity index is 2.35. The second kappa shape index (κ2) is 7.19. The molecule has 0 fully saturated rings. The summed E-state index contributed by atoms with van der Waals surface area (Å²) >= 11 is 6.08. The maximum atomic E-state index is 13.7. The summed E-state index contributed by atoms with van der Waals surface area (Å²) in [6.07, 6.45) is 3.80. The highest BCUT2D eigenvalue weighted by Crippen LogP contribution is 2.37. The Morgan fingerprint density at radius 2 is 1.76 bits per heavy atom. The van der Waals surface area contributed by atoms with Crippen molar-refractivity contribution in [3.63, 3.8) is 0 Å². The molecule has 2 aromatic carbocycles. The molecule has 1 heterocycles. The number of aromatic nitrogens is 3. The fraction of sp³-hybridized carbons (Fsp3) is 0.250. The van der Waals surface area contributed by atoms with Gasteiger partial charge in [0.1, 0.15) is 12.7 Å². The highest BCUT2D eigenvalue weighted by atomic mass is 35.5. The third-order valence-electron chi connectivity index (χ3n) is 4.63. The number of halogens is 1. The average Bonchev–Trinajstić information content (AvgIpc) is 3.19. The Hall–Kier alpha value is -2.46. The molecule has 3 rings (SSSR count). The number of ketones is 1. The van der Waals surface area contributed by atoms with Gasteiger partial charge in [0, 0.05) is 10.9 Å². The number of rotatable bonds is 6. The average molecular weight is 354 g/mol. The molecule has 1 aromatic heterocycles. The van der Waals surface area contributed by atoms with Gasteiger partial charge in [-0.05, 0) is 29.7 Å². The van der Waals surface area contributed by atoms with Gasteiger partial charge in [0.25, 0.3) is 0 Å². The highest BCUT2D eigenvalue weighted by molar-refractivity contribution is 6.30. The van der Waals surface area contributed by atoms with Crippen LogP contribution in [0.25, 0.3) is 0 Å². The zero-order chi connectivity index (χ0) is 17.9. The van der Waals surface area contributed by atoms with Gasteiger partial charge in [-0.25, -0.2) is 9.67 Å². The van der Waals surface area contributed by atoms with Crippen LogP contribution in [0.1, 0.15) is 31.4 Å². The topological polar surface area (TPSA) is 47.8 Å². The Bertz CT molecular complexity index is 831. The monoisotopic (exact) mass is 353 g/mol. The van der Waals surface area contributed by atoms with E-state index in [1.807, 2.05) is 56.3 Å². The van der Waals surface area contributed by atoms with Crippen LogP contribution in [-0.2, 0) is 10.3 Å². The molecular formula is C20H20ClN3O. The number of nitrogens with zero attached hydrogens (tertiary/aromatic N) is 3. The van der Waals surface area contributed by atoms with Crippen LogP contribution in [0.2, 0.25) is 5.02 Å². The standard InChI is InChI=1S/C20H20ClN3O/c1-3-15(2)19(25)20(24-14-22-13-23-24,16-7-5-4-6-8-16)17-9-11-18(21)12-10-17/h4-15H,3H2,1-2H3. The van der Waals surface area contributed by atoms with Crippen LogP contribution in [0.4, 0.5) is 0 Å². The Kier molecular flexibility index (Phi) is 5.00. The molecular weight excluding hydrogens is 334 g/mol. The van der Waals surface area contributed by atoms with Crippen LogP contribution in [0.15, 0.2) is 67.3 Å². The Morgan fingerprint density at radius 1 is 1.12 bits per heavy atom. The van der Waals surface area contributed by atoms with Crippen molar-refractivity contribution in [1.29, 1.82) is 0 Å². The first-order valence-electron chi connectivity index (χ1n) is 8.31. The van der Waals surface area contributed by atoms with Crippen molar-refractivity contribution >= 4 is 17.4 Å². The summed E-state index contributed by atoms with van der Waals surface area (Å²) in [4.78, 5) is 17.8. The van der Waals surface area contributed by atoms with E-state index in [4.69, 9.17) is 11.6 Å². The molecule has 0 saturated heterocycles. The molecule has 2 unspecified atom stereocenters. The summed E-state index contributed by atoms with van der Waals surface area (Å²) in [6, 6.07) is 17.1. The summed E-state index contributed by atoms with van der Waals surface area (Å²) in [5.41, 5.74) is 0.602. The van der Waals surface area contributed by atoms with Gasteiger partial charge < -0.3 is 0 Å². The van der Waals surface area contributed by atoms with Gasteiger partial charge in [-0.3, -0.25) is 4.79 Å². The first kappa shape index (κ1) is 17.4. The van der Waals surface area contributed by atoms with E-state index in [0.717, 1.165) is 17.5 Å². The van der Waals surface area contributed by atoms with Gasteiger partial charge in [0.2, 0.25) is 0 Å². The smallest absolute Gasteiger partial charge is 0.173 e. The summed E-state index contributed by atoms with van der Waals surface area (Å²) in [5, 5.41) is 4.98. The predicted molar refractivity (Wildman–Crippen MR) is 98.6 cm³/mol. The molecule has 0 bridgehead atoms. The number of carbonyl (C=O) groups excluding carboxylic acids is 1. The van der Waals surface area contributed by atoms with Gasteiger partial charge >= 0.3 is 0 Å². The summed E-state index contributed by atoms with van der Waals surface area (Å²) in [6.45, 7) is 3.97. The summed E-state index contributed by atoms with van der Waals surface area (Å²) in [7, 11) is 0. The molecule has 128 valence electrons. The van der Waals surface area contributed by atoms with Gasteiger partial charge in [-0.1, -0.05) is 67.9 Å². The lowest BCUT2D eigenvalue weighted by Crippen LogP contribution is -2.47. The van der Waals surface area contributed by atoms with Crippen LogP contribution >= 0.6 is 11.6 Å². The van der Waals surface area contributed by atoms with E-state index in [2.05, 4.69) is 10.1 Å². The van der Waals surface area contributed by atoms with E-state index in [9.17, 15) is 4.79 Å². The van der Waals surface area contributed by atoms with Gasteiger partial charge in [0.05, 0.1) is 0 Å². The maximum Gasteiger partial charge on any atom is 0.173 e. The molecule has 0 radical (unpaired) electrons. The molecule has 2 atom stereocenters. The molecule has 0 aliphatic carbocycles. The van der Waals surface area contributed by atoms with Gasteiger partial charge in [-0.2, -0.15) is 5.10 Å². The first-order chi connectivity index (χ1) is 12.1. The third-order valence-corrected chi connectivity index (χ3v) is 4.88. The minimum atomic E-state index is -1.07. The van der Waals surface area contributed by atoms with Crippen molar-refractivity contribution in [3.05, 3.63) is 83.4 Å². The third kappa shape index (κ3) is 2.98. The van der Waals surface area contributed by atoms with Crippen LogP contribution in [0.5, 0.6) is 0 Å². The second-order valence-corrected chi connectivity index (χ2v) is 6.53. The van der Waals surface area contributed by atoms with E-state index in [1.165, 1.54) is 6.33 Å². The molecule has 0 amide bonds. The van der Waals surface area contributed by atoms with Crippen molar-refractivity contribution < 1.29 is 4.79 Å². The number of carbonyl (C=O) groups is 1. The van der Waals surface area contributed by atoms with Crippen molar-refractivity contribution in [2.24, 2.45) is 5.92 Å². The predicted octanol–water partition coefficient (Wildman–Crippen LogP) is 4.34. The molecule has 0 aliphatic heterocycles. The van der Waals surface area contributed by atoms with Crippen LogP contribution < -0.4 is 0 Å². The van der Waals surface area contributed by atoms with Crippen molar-refractivity contribution in [1.82, 2.24) is 14.8 Å². The first-order valence-corrected chi connectivity index (χ1v) is 8.69. The quantitative estimate of drug-likeness (QED) is 0.662. The molecule has 0 saturated carbocycles. The lowest BCUT2D eigenvalue weighted by atomic mass is 9.75. The van der Waals surface area contributed by atoms with E-state index in [0.29, 0.717) is 5.02 Å². The van der Waals surface area contributed by atoms with Crippen LogP contribution in [0.3, 0.4) is 0 Å². The SMILES string of the molecule is CCC(C)C(=O)C(c1ccccc1)(c1ccc(Cl)cc1)n1cncn1. The fourth-order valence-electron chi connectivity index (χ4n) is 3.12. The lowest BCUT2D eigenvalue weighted by Gasteiger charge is -2.35. The van der Waals surface area contributed by atoms with E-state index in [-0.39, 0.29) is 11.7 Å². The second-order valence-electron chi connectivity index (χ2n) is 6.10. The molecule has 3 aromatic rings. The van der Waals surface area contributed by atoms with E-state index >= 15 is 0 Å². The van der Waals surface area contributed by atoms with Gasteiger partial charge in [0.15, 0.2) is 11.3 Å². The van der Waals surface area contributed by atoms with E-state index in [1.54, 1.807) is 23.1 Å².